The first-order valence-corrected chi connectivity index (χ1v) is 9.01. The molecule has 2 heterocycles. The van der Waals surface area contributed by atoms with Crippen LogP contribution in [0.15, 0.2) is 24.3 Å². The molecule has 1 aromatic carbocycles. The minimum Gasteiger partial charge on any atom is -0.346 e. The number of likely N-dealkylation sites (tertiary alicyclic amines) is 1. The van der Waals surface area contributed by atoms with Gasteiger partial charge in [0, 0.05) is 32.0 Å². The Kier molecular flexibility index (Phi) is 5.06. The Bertz CT molecular complexity index is 781. The molecule has 0 aliphatic carbocycles. The van der Waals surface area contributed by atoms with Gasteiger partial charge in [0.05, 0.1) is 17.1 Å². The van der Waals surface area contributed by atoms with Crippen molar-refractivity contribution in [3.63, 3.8) is 0 Å². The minimum absolute atomic E-state index is 0.0467. The van der Waals surface area contributed by atoms with Crippen LogP contribution in [0.5, 0.6) is 0 Å². The standard InChI is InChI=1S/C19H26N4O2/c1-13(2)23-16-8-5-4-7-15(16)21-19(23)14(3)20-17(24)10-12-22-11-6-9-18(22)25/h4-5,7-8,13-14H,6,9-12H2,1-3H3,(H,20,24)/t14-/m1/s1. The van der Waals surface area contributed by atoms with Crippen molar-refractivity contribution in [2.24, 2.45) is 0 Å². The molecule has 0 radical (unpaired) electrons. The van der Waals surface area contributed by atoms with Gasteiger partial charge in [0.25, 0.3) is 0 Å². The van der Waals surface area contributed by atoms with Crippen LogP contribution in [0.2, 0.25) is 0 Å². The van der Waals surface area contributed by atoms with Gasteiger partial charge < -0.3 is 14.8 Å². The maximum atomic E-state index is 12.3. The van der Waals surface area contributed by atoms with Crippen molar-refractivity contribution in [2.45, 2.75) is 52.1 Å². The monoisotopic (exact) mass is 342 g/mol. The third-order valence-corrected chi connectivity index (χ3v) is 4.68. The van der Waals surface area contributed by atoms with E-state index in [1.54, 1.807) is 4.90 Å². The summed E-state index contributed by atoms with van der Waals surface area (Å²) in [6, 6.07) is 8.09. The molecule has 0 spiro atoms. The van der Waals surface area contributed by atoms with Gasteiger partial charge in [-0.15, -0.1) is 0 Å². The molecule has 6 nitrogen and oxygen atoms in total. The highest BCUT2D eigenvalue weighted by molar-refractivity contribution is 5.80. The molecule has 6 heteroatoms. The van der Waals surface area contributed by atoms with Gasteiger partial charge in [-0.3, -0.25) is 9.59 Å². The number of hydrogen-bond donors (Lipinski definition) is 1. The van der Waals surface area contributed by atoms with Gasteiger partial charge >= 0.3 is 0 Å². The number of para-hydroxylation sites is 2. The molecular formula is C19H26N4O2. The lowest BCUT2D eigenvalue weighted by Gasteiger charge is -2.20. The smallest absolute Gasteiger partial charge is 0.222 e. The van der Waals surface area contributed by atoms with Crippen LogP contribution in [0, 0.1) is 0 Å². The van der Waals surface area contributed by atoms with Crippen molar-refractivity contribution in [1.82, 2.24) is 19.8 Å². The first-order valence-electron chi connectivity index (χ1n) is 9.01. The molecule has 2 amide bonds. The fraction of sp³-hybridized carbons (Fsp3) is 0.526. The average Bonchev–Trinajstić information content (AvgIpc) is 3.16. The fourth-order valence-electron chi connectivity index (χ4n) is 3.47. The second-order valence-electron chi connectivity index (χ2n) is 6.95. The first-order chi connectivity index (χ1) is 12.0. The van der Waals surface area contributed by atoms with E-state index in [0.29, 0.717) is 19.4 Å². The Morgan fingerprint density at radius 3 is 2.72 bits per heavy atom. The van der Waals surface area contributed by atoms with Gasteiger partial charge in [0.2, 0.25) is 11.8 Å². The lowest BCUT2D eigenvalue weighted by molar-refractivity contribution is -0.128. The number of nitrogens with one attached hydrogen (secondary N) is 1. The number of imidazole rings is 1. The molecule has 0 bridgehead atoms. The summed E-state index contributed by atoms with van der Waals surface area (Å²) in [6.45, 7) is 7.46. The molecule has 0 unspecified atom stereocenters. The molecule has 3 rings (SSSR count). The highest BCUT2D eigenvalue weighted by atomic mass is 16.2. The summed E-state index contributed by atoms with van der Waals surface area (Å²) < 4.78 is 2.17. The van der Waals surface area contributed by atoms with E-state index in [1.165, 1.54) is 0 Å². The van der Waals surface area contributed by atoms with E-state index in [-0.39, 0.29) is 23.9 Å². The number of hydrogen-bond acceptors (Lipinski definition) is 3. The van der Waals surface area contributed by atoms with Gasteiger partial charge in [-0.1, -0.05) is 12.1 Å². The summed E-state index contributed by atoms with van der Waals surface area (Å²) in [7, 11) is 0. The molecule has 2 aromatic rings. The summed E-state index contributed by atoms with van der Waals surface area (Å²) in [5, 5.41) is 3.03. The fourth-order valence-corrected chi connectivity index (χ4v) is 3.47. The van der Waals surface area contributed by atoms with Crippen molar-refractivity contribution >= 4 is 22.8 Å². The zero-order valence-corrected chi connectivity index (χ0v) is 15.2. The largest absolute Gasteiger partial charge is 0.346 e. The van der Waals surface area contributed by atoms with Crippen molar-refractivity contribution in [3.05, 3.63) is 30.1 Å². The molecule has 0 saturated carbocycles. The number of fused-ring (bicyclic) bond motifs is 1. The first kappa shape index (κ1) is 17.5. The van der Waals surface area contributed by atoms with E-state index in [9.17, 15) is 9.59 Å². The van der Waals surface area contributed by atoms with Gasteiger partial charge in [-0.25, -0.2) is 4.98 Å². The van der Waals surface area contributed by atoms with E-state index in [2.05, 4.69) is 29.8 Å². The molecule has 25 heavy (non-hydrogen) atoms. The van der Waals surface area contributed by atoms with Crippen molar-refractivity contribution in [1.29, 1.82) is 0 Å². The lowest BCUT2D eigenvalue weighted by atomic mass is 10.2. The number of benzene rings is 1. The van der Waals surface area contributed by atoms with Crippen molar-refractivity contribution in [2.75, 3.05) is 13.1 Å². The van der Waals surface area contributed by atoms with Gasteiger partial charge in [-0.2, -0.15) is 0 Å². The molecule has 1 N–H and O–H groups in total. The van der Waals surface area contributed by atoms with Gasteiger partial charge in [0.1, 0.15) is 5.82 Å². The van der Waals surface area contributed by atoms with Crippen LogP contribution in [0.3, 0.4) is 0 Å². The number of carbonyl (C=O) groups is 2. The van der Waals surface area contributed by atoms with Crippen LogP contribution in [0.1, 0.15) is 57.9 Å². The normalized spacial score (nSPS) is 16.0. The number of aromatic nitrogens is 2. The van der Waals surface area contributed by atoms with E-state index < -0.39 is 0 Å². The van der Waals surface area contributed by atoms with Crippen molar-refractivity contribution in [3.8, 4) is 0 Å². The quantitative estimate of drug-likeness (QED) is 0.878. The topological polar surface area (TPSA) is 67.2 Å². The zero-order valence-electron chi connectivity index (χ0n) is 15.2. The number of carbonyl (C=O) groups excluding carboxylic acids is 2. The lowest BCUT2D eigenvalue weighted by Crippen LogP contribution is -2.33. The third kappa shape index (κ3) is 3.67. The predicted octanol–water partition coefficient (Wildman–Crippen LogP) is 2.81. The highest BCUT2D eigenvalue weighted by Gasteiger charge is 2.22. The van der Waals surface area contributed by atoms with Crippen LogP contribution in [-0.4, -0.2) is 39.4 Å². The molecule has 1 atom stereocenters. The molecule has 1 aromatic heterocycles. The molecule has 1 aliphatic rings. The number of nitrogens with zero attached hydrogens (tertiary/aromatic N) is 3. The summed E-state index contributed by atoms with van der Waals surface area (Å²) in [5.74, 6) is 0.971. The Labute approximate surface area is 148 Å². The summed E-state index contributed by atoms with van der Waals surface area (Å²) in [6.07, 6.45) is 1.84. The zero-order chi connectivity index (χ0) is 18.0. The minimum atomic E-state index is -0.184. The van der Waals surface area contributed by atoms with Crippen LogP contribution >= 0.6 is 0 Å². The van der Waals surface area contributed by atoms with Crippen molar-refractivity contribution < 1.29 is 9.59 Å². The maximum Gasteiger partial charge on any atom is 0.222 e. The third-order valence-electron chi connectivity index (χ3n) is 4.68. The Balaban J connectivity index is 1.69. The molecule has 1 aliphatic heterocycles. The van der Waals surface area contributed by atoms with Crippen LogP contribution in [-0.2, 0) is 9.59 Å². The predicted molar refractivity (Wildman–Crippen MR) is 97.1 cm³/mol. The van der Waals surface area contributed by atoms with Gasteiger partial charge in [-0.05, 0) is 39.3 Å². The molecular weight excluding hydrogens is 316 g/mol. The Morgan fingerprint density at radius 1 is 1.28 bits per heavy atom. The Morgan fingerprint density at radius 2 is 2.04 bits per heavy atom. The van der Waals surface area contributed by atoms with Crippen LogP contribution < -0.4 is 5.32 Å². The molecule has 1 saturated heterocycles. The highest BCUT2D eigenvalue weighted by Crippen LogP contribution is 2.24. The second-order valence-corrected chi connectivity index (χ2v) is 6.95. The summed E-state index contributed by atoms with van der Waals surface area (Å²) in [5.41, 5.74) is 2.02. The molecule has 134 valence electrons. The van der Waals surface area contributed by atoms with Crippen LogP contribution in [0.25, 0.3) is 11.0 Å². The van der Waals surface area contributed by atoms with Crippen LogP contribution in [0.4, 0.5) is 0 Å². The van der Waals surface area contributed by atoms with E-state index in [1.807, 2.05) is 25.1 Å². The van der Waals surface area contributed by atoms with E-state index in [0.717, 1.165) is 29.8 Å². The number of amides is 2. The summed E-state index contributed by atoms with van der Waals surface area (Å²) >= 11 is 0. The Hall–Kier alpha value is -2.37. The van der Waals surface area contributed by atoms with Gasteiger partial charge in [0.15, 0.2) is 0 Å². The molecule has 1 fully saturated rings. The van der Waals surface area contributed by atoms with E-state index in [4.69, 9.17) is 4.98 Å². The average molecular weight is 342 g/mol. The van der Waals surface area contributed by atoms with E-state index >= 15 is 0 Å². The second kappa shape index (κ2) is 7.25. The number of rotatable bonds is 6. The SMILES string of the molecule is CC(C)n1c([C@@H](C)NC(=O)CCN2CCCC2=O)nc2ccccc21. The summed E-state index contributed by atoms with van der Waals surface area (Å²) in [4.78, 5) is 30.4. The maximum absolute atomic E-state index is 12.3.